The maximum absolute atomic E-state index is 12.7. The number of anilines is 1. The van der Waals surface area contributed by atoms with E-state index in [1.165, 1.54) is 6.42 Å². The number of hydrogen-bond donors (Lipinski definition) is 2. The first kappa shape index (κ1) is 16.9. The number of rotatable bonds is 5. The summed E-state index contributed by atoms with van der Waals surface area (Å²) in [5.41, 5.74) is 0.581. The molecule has 1 heterocycles. The molecule has 0 aliphatic heterocycles. The summed E-state index contributed by atoms with van der Waals surface area (Å²) < 4.78 is 1.73. The van der Waals surface area contributed by atoms with Crippen LogP contribution in [0.3, 0.4) is 0 Å². The predicted molar refractivity (Wildman–Crippen MR) is 101 cm³/mol. The third-order valence-corrected chi connectivity index (χ3v) is 6.66. The molecule has 0 unspecified atom stereocenters. The van der Waals surface area contributed by atoms with Crippen LogP contribution in [0.5, 0.6) is 0 Å². The second-order valence-electron chi connectivity index (χ2n) is 9.16. The third kappa shape index (κ3) is 3.38. The molecule has 4 saturated carbocycles. The first-order valence-electron chi connectivity index (χ1n) is 9.95. The Morgan fingerprint density at radius 1 is 1.19 bits per heavy atom. The van der Waals surface area contributed by atoms with Crippen molar-refractivity contribution in [3.05, 3.63) is 42.2 Å². The van der Waals surface area contributed by atoms with Crippen LogP contribution in [0.25, 0.3) is 0 Å². The van der Waals surface area contributed by atoms with Crippen molar-refractivity contribution in [2.24, 2.45) is 17.3 Å². The summed E-state index contributed by atoms with van der Waals surface area (Å²) in [5, 5.41) is 18.1. The fraction of sp³-hybridized carbons (Fsp3) is 0.571. The minimum absolute atomic E-state index is 0.0296. The van der Waals surface area contributed by atoms with E-state index in [4.69, 9.17) is 0 Å². The lowest BCUT2D eigenvalue weighted by atomic mass is 9.47. The Labute approximate surface area is 159 Å². The number of aliphatic hydroxyl groups is 1. The average Bonchev–Trinajstić information content (AvgIpc) is 2.99. The molecule has 0 saturated heterocycles. The highest BCUT2D eigenvalue weighted by molar-refractivity contribution is 5.89. The van der Waals surface area contributed by atoms with Gasteiger partial charge in [0.25, 0.3) is 0 Å². The van der Waals surface area contributed by atoms with E-state index in [-0.39, 0.29) is 11.3 Å². The Balaban J connectivity index is 1.23. The van der Waals surface area contributed by atoms with Gasteiger partial charge in [-0.15, -0.1) is 5.10 Å². The lowest BCUT2D eigenvalue weighted by Gasteiger charge is -2.60. The van der Waals surface area contributed by atoms with Crippen LogP contribution in [0.2, 0.25) is 0 Å². The van der Waals surface area contributed by atoms with E-state index in [0.717, 1.165) is 37.7 Å². The van der Waals surface area contributed by atoms with Gasteiger partial charge in [0, 0.05) is 6.42 Å². The lowest BCUT2D eigenvalue weighted by molar-refractivity contribution is -0.167. The molecule has 6 nitrogen and oxygen atoms in total. The zero-order chi connectivity index (χ0) is 18.5. The van der Waals surface area contributed by atoms with Gasteiger partial charge in [-0.3, -0.25) is 10.1 Å². The minimum Gasteiger partial charge on any atom is -0.390 e. The largest absolute Gasteiger partial charge is 0.390 e. The molecular formula is C21H26N4O2. The van der Waals surface area contributed by atoms with Crippen molar-refractivity contribution in [1.82, 2.24) is 14.8 Å². The van der Waals surface area contributed by atoms with Crippen molar-refractivity contribution in [3.63, 3.8) is 0 Å². The average molecular weight is 366 g/mol. The topological polar surface area (TPSA) is 80.0 Å². The van der Waals surface area contributed by atoms with Crippen molar-refractivity contribution in [2.75, 3.05) is 5.32 Å². The van der Waals surface area contributed by atoms with Gasteiger partial charge >= 0.3 is 0 Å². The van der Waals surface area contributed by atoms with Crippen LogP contribution >= 0.6 is 0 Å². The van der Waals surface area contributed by atoms with Crippen molar-refractivity contribution in [3.8, 4) is 0 Å². The predicted octanol–water partition coefficient (Wildman–Crippen LogP) is 2.99. The summed E-state index contributed by atoms with van der Waals surface area (Å²) in [6.45, 7) is 0.629. The number of carbonyl (C=O) groups is 1. The Morgan fingerprint density at radius 2 is 1.93 bits per heavy atom. The molecule has 1 aromatic heterocycles. The fourth-order valence-electron chi connectivity index (χ4n) is 6.32. The van der Waals surface area contributed by atoms with Crippen molar-refractivity contribution in [1.29, 1.82) is 0 Å². The monoisotopic (exact) mass is 366 g/mol. The van der Waals surface area contributed by atoms with Gasteiger partial charge in [0.2, 0.25) is 11.9 Å². The fourth-order valence-corrected chi connectivity index (χ4v) is 6.32. The van der Waals surface area contributed by atoms with E-state index < -0.39 is 5.60 Å². The van der Waals surface area contributed by atoms with Crippen LogP contribution in [0, 0.1) is 17.3 Å². The van der Waals surface area contributed by atoms with Crippen molar-refractivity contribution >= 4 is 11.9 Å². The Hall–Kier alpha value is -2.21. The quantitative estimate of drug-likeness (QED) is 0.852. The third-order valence-electron chi connectivity index (χ3n) is 6.66. The van der Waals surface area contributed by atoms with E-state index in [1.807, 2.05) is 30.3 Å². The van der Waals surface area contributed by atoms with Gasteiger partial charge in [0.15, 0.2) is 0 Å². The Bertz CT molecular complexity index is 833. The van der Waals surface area contributed by atoms with E-state index in [1.54, 1.807) is 11.0 Å². The number of benzene rings is 1. The molecular weight excluding hydrogens is 340 g/mol. The summed E-state index contributed by atoms with van der Waals surface area (Å²) in [4.78, 5) is 16.9. The molecule has 6 heteroatoms. The number of nitrogens with zero attached hydrogens (tertiary/aromatic N) is 3. The number of nitrogens with one attached hydrogen (secondary N) is 1. The summed E-state index contributed by atoms with van der Waals surface area (Å²) in [6, 6.07) is 10.1. The van der Waals surface area contributed by atoms with Crippen LogP contribution in [-0.2, 0) is 11.3 Å². The molecule has 4 aliphatic rings. The molecule has 6 rings (SSSR count). The maximum atomic E-state index is 12.7. The smallest absolute Gasteiger partial charge is 0.248 e. The molecule has 27 heavy (non-hydrogen) atoms. The van der Waals surface area contributed by atoms with E-state index >= 15 is 0 Å². The molecule has 4 fully saturated rings. The normalized spacial score (nSPS) is 34.0. The molecule has 4 bridgehead atoms. The highest BCUT2D eigenvalue weighted by Gasteiger charge is 2.57. The second-order valence-corrected chi connectivity index (χ2v) is 9.16. The van der Waals surface area contributed by atoms with Gasteiger partial charge in [0.05, 0.1) is 12.1 Å². The molecule has 0 radical (unpaired) electrons. The van der Waals surface area contributed by atoms with Crippen molar-refractivity contribution < 1.29 is 9.90 Å². The Morgan fingerprint density at radius 3 is 2.63 bits per heavy atom. The van der Waals surface area contributed by atoms with Gasteiger partial charge in [0.1, 0.15) is 6.33 Å². The van der Waals surface area contributed by atoms with Crippen LogP contribution in [0.15, 0.2) is 36.7 Å². The first-order chi connectivity index (χ1) is 13.0. The molecule has 0 spiro atoms. The van der Waals surface area contributed by atoms with Gasteiger partial charge < -0.3 is 5.11 Å². The zero-order valence-electron chi connectivity index (χ0n) is 15.5. The molecule has 2 N–H and O–H groups in total. The van der Waals surface area contributed by atoms with E-state index in [9.17, 15) is 9.90 Å². The van der Waals surface area contributed by atoms with E-state index in [2.05, 4.69) is 15.4 Å². The van der Waals surface area contributed by atoms with E-state index in [0.29, 0.717) is 30.7 Å². The second kappa shape index (κ2) is 6.16. The maximum Gasteiger partial charge on any atom is 0.248 e. The zero-order valence-corrected chi connectivity index (χ0v) is 15.5. The Kier molecular flexibility index (Phi) is 3.86. The molecule has 2 atom stereocenters. The first-order valence-corrected chi connectivity index (χ1v) is 9.95. The molecule has 1 amide bonds. The lowest BCUT2D eigenvalue weighted by Crippen LogP contribution is -2.56. The van der Waals surface area contributed by atoms with Crippen LogP contribution < -0.4 is 5.32 Å². The molecule has 142 valence electrons. The minimum atomic E-state index is -0.528. The summed E-state index contributed by atoms with van der Waals surface area (Å²) in [6.07, 6.45) is 8.14. The van der Waals surface area contributed by atoms with Crippen LogP contribution in [0.1, 0.15) is 50.5 Å². The standard InChI is InChI=1S/C21H26N4O2/c26-18(11-20-7-16-6-17(8-20)10-21(27,9-16)13-20)23-19-22-14-25(24-19)12-15-4-2-1-3-5-15/h1-5,14,16-17,27H,6-13H2,(H,23,24,26)/t16-,17-,20?,21?/m1/s1. The number of hydrogen-bond acceptors (Lipinski definition) is 4. The van der Waals surface area contributed by atoms with Crippen LogP contribution in [0.4, 0.5) is 5.95 Å². The number of carbonyl (C=O) groups excluding carboxylic acids is 1. The van der Waals surface area contributed by atoms with Gasteiger partial charge in [-0.2, -0.15) is 0 Å². The summed E-state index contributed by atoms with van der Waals surface area (Å²) >= 11 is 0. The number of amides is 1. The molecule has 2 aromatic rings. The van der Waals surface area contributed by atoms with Crippen LogP contribution in [-0.4, -0.2) is 31.4 Å². The van der Waals surface area contributed by atoms with Gasteiger partial charge in [-0.25, -0.2) is 9.67 Å². The SMILES string of the molecule is O=C(CC12C[C@H]3C[C@@H](CC(O)(C3)C1)C2)Nc1ncn(Cc2ccccc2)n1. The number of aromatic nitrogens is 3. The molecule has 4 aliphatic carbocycles. The van der Waals surface area contributed by atoms with Gasteiger partial charge in [-0.1, -0.05) is 30.3 Å². The van der Waals surface area contributed by atoms with Gasteiger partial charge in [-0.05, 0) is 61.3 Å². The summed E-state index contributed by atoms with van der Waals surface area (Å²) in [7, 11) is 0. The summed E-state index contributed by atoms with van der Waals surface area (Å²) in [5.74, 6) is 1.51. The highest BCUT2D eigenvalue weighted by atomic mass is 16.3. The highest BCUT2D eigenvalue weighted by Crippen LogP contribution is 2.62. The van der Waals surface area contributed by atoms with Crippen molar-refractivity contribution in [2.45, 2.75) is 57.1 Å². The molecule has 1 aromatic carbocycles.